The molecule has 0 saturated heterocycles. The highest BCUT2D eigenvalue weighted by atomic mass is 79.9. The number of nitrogens with two attached hydrogens (primary N) is 1. The smallest absolute Gasteiger partial charge is 0.131 e. The Hall–Kier alpha value is -1.19. The average Bonchev–Trinajstić information content (AvgIpc) is 2.33. The minimum absolute atomic E-state index is 0.210. The Morgan fingerprint density at radius 3 is 2.53 bits per heavy atom. The van der Waals surface area contributed by atoms with Gasteiger partial charge in [-0.2, -0.15) is 0 Å². The highest BCUT2D eigenvalue weighted by molar-refractivity contribution is 9.10. The van der Waals surface area contributed by atoms with Gasteiger partial charge in [0.1, 0.15) is 5.82 Å². The van der Waals surface area contributed by atoms with Gasteiger partial charge in [-0.05, 0) is 42.3 Å². The zero-order chi connectivity index (χ0) is 12.3. The molecule has 2 aromatic rings. The minimum Gasteiger partial charge on any atom is -0.330 e. The Morgan fingerprint density at radius 1 is 1.06 bits per heavy atom. The van der Waals surface area contributed by atoms with Crippen molar-refractivity contribution < 1.29 is 4.39 Å². The molecule has 0 aliphatic heterocycles. The van der Waals surface area contributed by atoms with Crippen molar-refractivity contribution in [1.82, 2.24) is 0 Å². The second-order valence-electron chi connectivity index (χ2n) is 3.83. The van der Waals surface area contributed by atoms with Crippen LogP contribution in [0.1, 0.15) is 5.56 Å². The van der Waals surface area contributed by atoms with E-state index >= 15 is 0 Å². The molecule has 0 bridgehead atoms. The molecule has 0 aliphatic carbocycles. The van der Waals surface area contributed by atoms with Crippen LogP contribution in [0.15, 0.2) is 46.9 Å². The predicted molar refractivity (Wildman–Crippen MR) is 72.3 cm³/mol. The summed E-state index contributed by atoms with van der Waals surface area (Å²) in [7, 11) is 0. The summed E-state index contributed by atoms with van der Waals surface area (Å²) in [6.07, 6.45) is 0.800. The largest absolute Gasteiger partial charge is 0.330 e. The van der Waals surface area contributed by atoms with E-state index in [1.165, 1.54) is 6.07 Å². The van der Waals surface area contributed by atoms with Gasteiger partial charge >= 0.3 is 0 Å². The maximum absolute atomic E-state index is 13.7. The van der Waals surface area contributed by atoms with Crippen LogP contribution in [0.2, 0.25) is 0 Å². The summed E-state index contributed by atoms with van der Waals surface area (Å²) in [5, 5.41) is 0. The van der Waals surface area contributed by atoms with E-state index in [1.54, 1.807) is 12.1 Å². The Morgan fingerprint density at radius 2 is 1.82 bits per heavy atom. The van der Waals surface area contributed by atoms with Gasteiger partial charge in [0.2, 0.25) is 0 Å². The van der Waals surface area contributed by atoms with E-state index in [-0.39, 0.29) is 5.82 Å². The standard InChI is InChI=1S/C14H13BrFN/c15-13-6-5-10(7-8-17)9-12(13)11-3-1-2-4-14(11)16/h1-6,9H,7-8,17H2. The summed E-state index contributed by atoms with van der Waals surface area (Å²) < 4.78 is 14.6. The van der Waals surface area contributed by atoms with Crippen molar-refractivity contribution in [3.8, 4) is 11.1 Å². The predicted octanol–water partition coefficient (Wildman–Crippen LogP) is 3.76. The molecule has 0 unspecified atom stereocenters. The lowest BCUT2D eigenvalue weighted by Crippen LogP contribution is -2.02. The molecule has 0 fully saturated rings. The van der Waals surface area contributed by atoms with Gasteiger partial charge in [0.15, 0.2) is 0 Å². The lowest BCUT2D eigenvalue weighted by molar-refractivity contribution is 0.631. The van der Waals surface area contributed by atoms with Crippen molar-refractivity contribution in [2.75, 3.05) is 6.54 Å². The summed E-state index contributed by atoms with van der Waals surface area (Å²) >= 11 is 3.45. The van der Waals surface area contributed by atoms with Crippen LogP contribution < -0.4 is 5.73 Å². The van der Waals surface area contributed by atoms with Crippen LogP contribution in [0.3, 0.4) is 0 Å². The second kappa shape index (κ2) is 5.43. The zero-order valence-electron chi connectivity index (χ0n) is 9.29. The summed E-state index contributed by atoms with van der Waals surface area (Å²) in [6, 6.07) is 12.7. The molecule has 88 valence electrons. The number of halogens is 2. The van der Waals surface area contributed by atoms with E-state index in [9.17, 15) is 4.39 Å². The first kappa shape index (κ1) is 12.3. The Labute approximate surface area is 109 Å². The third-order valence-corrected chi connectivity index (χ3v) is 3.32. The molecule has 3 heteroatoms. The molecule has 0 saturated carbocycles. The van der Waals surface area contributed by atoms with Gasteiger partial charge in [-0.15, -0.1) is 0 Å². The van der Waals surface area contributed by atoms with Gasteiger partial charge in [0.05, 0.1) is 0 Å². The first-order valence-electron chi connectivity index (χ1n) is 5.46. The van der Waals surface area contributed by atoms with Crippen LogP contribution in [0.5, 0.6) is 0 Å². The van der Waals surface area contributed by atoms with Crippen LogP contribution in [0, 0.1) is 5.82 Å². The Bertz CT molecular complexity index is 525. The first-order valence-corrected chi connectivity index (χ1v) is 6.25. The normalized spacial score (nSPS) is 10.5. The van der Waals surface area contributed by atoms with Crippen molar-refractivity contribution in [2.24, 2.45) is 5.73 Å². The molecule has 2 N–H and O–H groups in total. The van der Waals surface area contributed by atoms with Gasteiger partial charge in [-0.25, -0.2) is 4.39 Å². The van der Waals surface area contributed by atoms with Crippen LogP contribution in [-0.2, 0) is 6.42 Å². The SMILES string of the molecule is NCCc1ccc(Br)c(-c2ccccc2F)c1. The highest BCUT2D eigenvalue weighted by Gasteiger charge is 2.08. The molecular weight excluding hydrogens is 281 g/mol. The number of benzene rings is 2. The lowest BCUT2D eigenvalue weighted by atomic mass is 10.0. The molecular formula is C14H13BrFN. The molecule has 0 atom stereocenters. The summed E-state index contributed by atoms with van der Waals surface area (Å²) in [4.78, 5) is 0. The van der Waals surface area contributed by atoms with Crippen LogP contribution in [0.25, 0.3) is 11.1 Å². The van der Waals surface area contributed by atoms with E-state index in [2.05, 4.69) is 15.9 Å². The van der Waals surface area contributed by atoms with Crippen LogP contribution >= 0.6 is 15.9 Å². The van der Waals surface area contributed by atoms with E-state index in [0.717, 1.165) is 22.0 Å². The quantitative estimate of drug-likeness (QED) is 0.916. The second-order valence-corrected chi connectivity index (χ2v) is 4.69. The van der Waals surface area contributed by atoms with E-state index in [4.69, 9.17) is 5.73 Å². The first-order chi connectivity index (χ1) is 8.22. The fourth-order valence-corrected chi connectivity index (χ4v) is 2.24. The van der Waals surface area contributed by atoms with Crippen LogP contribution in [0.4, 0.5) is 4.39 Å². The third-order valence-electron chi connectivity index (χ3n) is 2.63. The molecule has 0 amide bonds. The molecule has 0 aromatic heterocycles. The van der Waals surface area contributed by atoms with Gasteiger partial charge in [0, 0.05) is 10.0 Å². The minimum atomic E-state index is -0.210. The van der Waals surface area contributed by atoms with Crippen molar-refractivity contribution in [3.05, 3.63) is 58.3 Å². The summed E-state index contributed by atoms with van der Waals surface area (Å²) in [5.41, 5.74) is 8.13. The third kappa shape index (κ3) is 2.73. The summed E-state index contributed by atoms with van der Waals surface area (Å²) in [5.74, 6) is -0.210. The van der Waals surface area contributed by atoms with Crippen LogP contribution in [-0.4, -0.2) is 6.54 Å². The molecule has 2 rings (SSSR count). The molecule has 0 heterocycles. The van der Waals surface area contributed by atoms with Crippen molar-refractivity contribution >= 4 is 15.9 Å². The highest BCUT2D eigenvalue weighted by Crippen LogP contribution is 2.31. The van der Waals surface area contributed by atoms with E-state index in [1.807, 2.05) is 24.3 Å². The fourth-order valence-electron chi connectivity index (χ4n) is 1.78. The number of hydrogen-bond acceptors (Lipinski definition) is 1. The van der Waals surface area contributed by atoms with Crippen molar-refractivity contribution in [2.45, 2.75) is 6.42 Å². The zero-order valence-corrected chi connectivity index (χ0v) is 10.9. The monoisotopic (exact) mass is 293 g/mol. The molecule has 0 spiro atoms. The number of rotatable bonds is 3. The molecule has 0 radical (unpaired) electrons. The molecule has 17 heavy (non-hydrogen) atoms. The van der Waals surface area contributed by atoms with E-state index in [0.29, 0.717) is 12.1 Å². The maximum atomic E-state index is 13.7. The van der Waals surface area contributed by atoms with Crippen molar-refractivity contribution in [3.63, 3.8) is 0 Å². The van der Waals surface area contributed by atoms with Gasteiger partial charge in [-0.3, -0.25) is 0 Å². The molecule has 0 aliphatic rings. The molecule has 1 nitrogen and oxygen atoms in total. The Kier molecular flexibility index (Phi) is 3.92. The maximum Gasteiger partial charge on any atom is 0.131 e. The Balaban J connectivity index is 2.51. The average molecular weight is 294 g/mol. The van der Waals surface area contributed by atoms with Crippen molar-refractivity contribution in [1.29, 1.82) is 0 Å². The summed E-state index contributed by atoms with van der Waals surface area (Å²) in [6.45, 7) is 0.596. The molecule has 2 aromatic carbocycles. The van der Waals surface area contributed by atoms with Gasteiger partial charge in [-0.1, -0.05) is 40.2 Å². The fraction of sp³-hybridized carbons (Fsp3) is 0.143. The van der Waals surface area contributed by atoms with Gasteiger partial charge < -0.3 is 5.73 Å². The lowest BCUT2D eigenvalue weighted by Gasteiger charge is -2.08. The van der Waals surface area contributed by atoms with E-state index < -0.39 is 0 Å². The number of hydrogen-bond donors (Lipinski definition) is 1. The van der Waals surface area contributed by atoms with Gasteiger partial charge in [0.25, 0.3) is 0 Å². The topological polar surface area (TPSA) is 26.0 Å².